The predicted octanol–water partition coefficient (Wildman–Crippen LogP) is 4.15. The third-order valence-electron chi connectivity index (χ3n) is 4.16. The van der Waals surface area contributed by atoms with E-state index in [2.05, 4.69) is 40.4 Å². The van der Waals surface area contributed by atoms with Crippen LogP contribution >= 0.6 is 0 Å². The molecule has 0 saturated carbocycles. The van der Waals surface area contributed by atoms with Crippen molar-refractivity contribution in [2.75, 3.05) is 20.8 Å². The molecule has 0 bridgehead atoms. The number of hydrogen-bond donors (Lipinski definition) is 0. The van der Waals surface area contributed by atoms with E-state index in [0.717, 1.165) is 25.5 Å². The van der Waals surface area contributed by atoms with E-state index < -0.39 is 16.9 Å². The maximum absolute atomic E-state index is 6.15. The molecule has 0 aromatic rings. The zero-order chi connectivity index (χ0) is 14.4. The normalized spacial score (nSPS) is 14.0. The van der Waals surface area contributed by atoms with Crippen LogP contribution in [0.4, 0.5) is 0 Å². The van der Waals surface area contributed by atoms with Crippen LogP contribution in [0.25, 0.3) is 0 Å². The van der Waals surface area contributed by atoms with Crippen molar-refractivity contribution in [2.45, 2.75) is 64.3 Å². The molecular weight excluding hydrogens is 260 g/mol. The van der Waals surface area contributed by atoms with Crippen LogP contribution in [0.2, 0.25) is 30.7 Å². The molecule has 18 heavy (non-hydrogen) atoms. The van der Waals surface area contributed by atoms with Crippen molar-refractivity contribution in [2.24, 2.45) is 0 Å². The quantitative estimate of drug-likeness (QED) is 0.497. The van der Waals surface area contributed by atoms with Gasteiger partial charge in [0.25, 0.3) is 0 Å². The largest absolute Gasteiger partial charge is 0.417 e. The molecule has 0 saturated heterocycles. The first kappa shape index (κ1) is 18.3. The molecule has 0 aromatic heterocycles. The zero-order valence-electron chi connectivity index (χ0n) is 13.6. The van der Waals surface area contributed by atoms with Crippen molar-refractivity contribution in [1.29, 1.82) is 0 Å². The highest BCUT2D eigenvalue weighted by molar-refractivity contribution is 6.74. The van der Waals surface area contributed by atoms with Crippen LogP contribution in [-0.4, -0.2) is 37.7 Å². The smallest absolute Gasteiger partial charge is 0.334 e. The minimum atomic E-state index is -1.87. The van der Waals surface area contributed by atoms with Gasteiger partial charge in [-0.15, -0.1) is 0 Å². The molecule has 3 nitrogen and oxygen atoms in total. The Bertz CT molecular complexity index is 233. The average Bonchev–Trinajstić information content (AvgIpc) is 2.26. The van der Waals surface area contributed by atoms with E-state index in [1.165, 1.54) is 0 Å². The van der Waals surface area contributed by atoms with E-state index >= 15 is 0 Å². The van der Waals surface area contributed by atoms with Crippen molar-refractivity contribution >= 4 is 16.9 Å². The Morgan fingerprint density at radius 1 is 0.889 bits per heavy atom. The Morgan fingerprint density at radius 3 is 1.78 bits per heavy atom. The Balaban J connectivity index is 3.89. The summed E-state index contributed by atoms with van der Waals surface area (Å²) in [5.41, 5.74) is 0. The second-order valence-corrected chi connectivity index (χ2v) is 15.0. The molecule has 0 fully saturated rings. The summed E-state index contributed by atoms with van der Waals surface area (Å²) in [5.74, 6) is 0. The molecule has 0 N–H and O–H groups in total. The molecule has 0 aliphatic carbocycles. The van der Waals surface area contributed by atoms with E-state index in [-0.39, 0.29) is 0 Å². The van der Waals surface area contributed by atoms with Crippen LogP contribution < -0.4 is 0 Å². The lowest BCUT2D eigenvalue weighted by atomic mass is 10.2. The van der Waals surface area contributed by atoms with Gasteiger partial charge in [0.2, 0.25) is 0 Å². The van der Waals surface area contributed by atoms with Gasteiger partial charge in [0.05, 0.1) is 0 Å². The van der Waals surface area contributed by atoms with Crippen molar-refractivity contribution in [3.8, 4) is 0 Å². The van der Waals surface area contributed by atoms with Gasteiger partial charge in [0, 0.05) is 20.8 Å². The van der Waals surface area contributed by atoms with Crippen LogP contribution in [0, 0.1) is 0 Å². The Labute approximate surface area is 116 Å². The van der Waals surface area contributed by atoms with E-state index in [1.807, 2.05) is 0 Å². The Kier molecular flexibility index (Phi) is 7.32. The molecule has 0 atom stereocenters. The van der Waals surface area contributed by atoms with Crippen LogP contribution in [0.15, 0.2) is 0 Å². The van der Waals surface area contributed by atoms with Crippen LogP contribution in [-0.2, 0) is 13.3 Å². The number of hydrogen-bond acceptors (Lipinski definition) is 3. The van der Waals surface area contributed by atoms with Gasteiger partial charge in [0.15, 0.2) is 8.32 Å². The molecule has 0 aliphatic rings. The lowest BCUT2D eigenvalue weighted by Gasteiger charge is -2.36. The molecule has 0 heterocycles. The average molecular weight is 293 g/mol. The second kappa shape index (κ2) is 7.19. The van der Waals surface area contributed by atoms with E-state index in [9.17, 15) is 0 Å². The van der Waals surface area contributed by atoms with Gasteiger partial charge in [-0.25, -0.2) is 0 Å². The molecular formula is C13H32O3Si2. The summed E-state index contributed by atoms with van der Waals surface area (Å²) < 4.78 is 17.1. The molecule has 0 amide bonds. The van der Waals surface area contributed by atoms with Crippen molar-refractivity contribution < 1.29 is 13.3 Å². The zero-order valence-corrected chi connectivity index (χ0v) is 15.6. The summed E-state index contributed by atoms with van der Waals surface area (Å²) in [7, 11) is 0.0610. The van der Waals surface area contributed by atoms with Crippen LogP contribution in [0.3, 0.4) is 0 Å². The van der Waals surface area contributed by atoms with Crippen LogP contribution in [0.5, 0.6) is 0 Å². The first-order valence-electron chi connectivity index (χ1n) is 6.82. The first-order valence-corrected chi connectivity index (χ1v) is 12.3. The SMILES string of the molecule is CO[Si](C)(CCCCO[Si](C)(C)C(C)(C)C)OC. The van der Waals surface area contributed by atoms with E-state index in [0.29, 0.717) is 5.04 Å². The molecule has 5 heteroatoms. The fourth-order valence-electron chi connectivity index (χ4n) is 1.38. The lowest BCUT2D eigenvalue weighted by molar-refractivity contribution is 0.243. The van der Waals surface area contributed by atoms with Gasteiger partial charge in [-0.3, -0.25) is 0 Å². The summed E-state index contributed by atoms with van der Waals surface area (Å²) in [5, 5.41) is 0.301. The fraction of sp³-hybridized carbons (Fsp3) is 1.00. The summed E-state index contributed by atoms with van der Waals surface area (Å²) in [4.78, 5) is 0. The lowest BCUT2D eigenvalue weighted by Crippen LogP contribution is -2.41. The maximum Gasteiger partial charge on any atom is 0.334 e. The monoisotopic (exact) mass is 292 g/mol. The molecule has 0 radical (unpaired) electrons. The molecule has 0 aromatic carbocycles. The third-order valence-corrected chi connectivity index (χ3v) is 11.7. The molecule has 110 valence electrons. The van der Waals surface area contributed by atoms with Crippen LogP contribution in [0.1, 0.15) is 33.6 Å². The van der Waals surface area contributed by atoms with Gasteiger partial charge < -0.3 is 13.3 Å². The minimum Gasteiger partial charge on any atom is -0.417 e. The Morgan fingerprint density at radius 2 is 1.39 bits per heavy atom. The van der Waals surface area contributed by atoms with Crippen molar-refractivity contribution in [3.05, 3.63) is 0 Å². The summed E-state index contributed by atoms with van der Waals surface area (Å²) >= 11 is 0. The standard InChI is InChI=1S/C13H32O3Si2/c1-13(2,3)17(6,7)16-11-9-10-12-18(8,14-4)15-5/h9-12H2,1-8H3. The van der Waals surface area contributed by atoms with Gasteiger partial charge in [-0.1, -0.05) is 20.8 Å². The highest BCUT2D eigenvalue weighted by atomic mass is 28.4. The summed E-state index contributed by atoms with van der Waals surface area (Å²) in [6.07, 6.45) is 2.22. The topological polar surface area (TPSA) is 27.7 Å². The summed E-state index contributed by atoms with van der Waals surface area (Å²) in [6.45, 7) is 14.4. The highest BCUT2D eigenvalue weighted by Crippen LogP contribution is 2.36. The molecule has 0 aliphatic heterocycles. The maximum atomic E-state index is 6.15. The Hall–Kier alpha value is 0.314. The predicted molar refractivity (Wildman–Crippen MR) is 82.8 cm³/mol. The van der Waals surface area contributed by atoms with E-state index in [4.69, 9.17) is 13.3 Å². The van der Waals surface area contributed by atoms with Crippen molar-refractivity contribution in [3.63, 3.8) is 0 Å². The van der Waals surface area contributed by atoms with Gasteiger partial charge in [-0.05, 0) is 43.6 Å². The molecule has 0 spiro atoms. The fourth-order valence-corrected chi connectivity index (χ4v) is 3.93. The first-order chi connectivity index (χ1) is 8.08. The minimum absolute atomic E-state index is 0.301. The summed E-state index contributed by atoms with van der Waals surface area (Å²) in [6, 6.07) is 1.04. The molecule has 0 rings (SSSR count). The van der Waals surface area contributed by atoms with Gasteiger partial charge in [0.1, 0.15) is 0 Å². The third kappa shape index (κ3) is 5.97. The van der Waals surface area contributed by atoms with Gasteiger partial charge in [-0.2, -0.15) is 0 Å². The number of unbranched alkanes of at least 4 members (excludes halogenated alkanes) is 1. The van der Waals surface area contributed by atoms with Gasteiger partial charge >= 0.3 is 8.56 Å². The van der Waals surface area contributed by atoms with Crippen molar-refractivity contribution in [1.82, 2.24) is 0 Å². The highest BCUT2D eigenvalue weighted by Gasteiger charge is 2.36. The molecule has 0 unspecified atom stereocenters. The number of rotatable bonds is 8. The van der Waals surface area contributed by atoms with E-state index in [1.54, 1.807) is 14.2 Å². The second-order valence-electron chi connectivity index (χ2n) is 6.61.